The topological polar surface area (TPSA) is 66.7 Å². The van der Waals surface area contributed by atoms with Crippen molar-refractivity contribution in [3.63, 3.8) is 0 Å². The first kappa shape index (κ1) is 9.33. The first-order valence-electron chi connectivity index (χ1n) is 4.31. The summed E-state index contributed by atoms with van der Waals surface area (Å²) in [5, 5.41) is 9.72. The van der Waals surface area contributed by atoms with E-state index in [1.165, 1.54) is 0 Å². The van der Waals surface area contributed by atoms with E-state index < -0.39 is 11.7 Å². The van der Waals surface area contributed by atoms with E-state index in [1.807, 2.05) is 0 Å². The predicted molar refractivity (Wildman–Crippen MR) is 54.5 cm³/mol. The zero-order chi connectivity index (χ0) is 10.8. The Labute approximate surface area is 85.6 Å². The maximum absolute atomic E-state index is 11.2. The monoisotopic (exact) mass is 201 g/mol. The van der Waals surface area contributed by atoms with Crippen molar-refractivity contribution in [3.05, 3.63) is 41.5 Å². The third kappa shape index (κ3) is 1.57. The number of benzene rings is 1. The van der Waals surface area contributed by atoms with Gasteiger partial charge in [-0.05, 0) is 0 Å². The van der Waals surface area contributed by atoms with E-state index in [1.54, 1.807) is 30.3 Å². The van der Waals surface area contributed by atoms with Crippen LogP contribution in [0, 0.1) is 0 Å². The molecule has 74 valence electrons. The highest BCUT2D eigenvalue weighted by Gasteiger charge is 2.26. The molecule has 1 aromatic rings. The van der Waals surface area contributed by atoms with E-state index in [9.17, 15) is 14.7 Å². The van der Waals surface area contributed by atoms with Crippen LogP contribution in [-0.4, -0.2) is 23.0 Å². The lowest BCUT2D eigenvalue weighted by Crippen LogP contribution is -2.08. The molecule has 1 aliphatic heterocycles. The molecular weight excluding hydrogens is 194 g/mol. The summed E-state index contributed by atoms with van der Waals surface area (Å²) in [5.41, 5.74) is 0.438. The number of nitrogens with zero attached hydrogens (tertiary/aromatic N) is 1. The molecule has 0 atom stereocenters. The molecule has 1 heterocycles. The standard InChI is InChI=1S/C11H7NO3/c13-9(7-4-2-1-3-5-7)8-6-12-11(15)10(8)14/h1-6,13H/b9-8-. The normalized spacial score (nSPS) is 18.4. The first-order valence-corrected chi connectivity index (χ1v) is 4.31. The number of rotatable bonds is 1. The van der Waals surface area contributed by atoms with Gasteiger partial charge in [-0.1, -0.05) is 30.3 Å². The van der Waals surface area contributed by atoms with E-state index in [2.05, 4.69) is 4.99 Å². The fourth-order valence-electron chi connectivity index (χ4n) is 1.28. The molecule has 0 bridgehead atoms. The van der Waals surface area contributed by atoms with Gasteiger partial charge in [0.2, 0.25) is 0 Å². The summed E-state index contributed by atoms with van der Waals surface area (Å²) in [4.78, 5) is 25.4. The highest BCUT2D eigenvalue weighted by molar-refractivity contribution is 6.54. The Bertz CT molecular complexity index is 486. The summed E-state index contributed by atoms with van der Waals surface area (Å²) in [6.07, 6.45) is 1.09. The summed E-state index contributed by atoms with van der Waals surface area (Å²) in [7, 11) is 0. The van der Waals surface area contributed by atoms with Crippen LogP contribution in [0.15, 0.2) is 40.9 Å². The van der Waals surface area contributed by atoms with Crippen LogP contribution in [0.2, 0.25) is 0 Å². The number of aliphatic hydroxyl groups is 1. The zero-order valence-corrected chi connectivity index (χ0v) is 7.68. The second-order valence-corrected chi connectivity index (χ2v) is 3.02. The van der Waals surface area contributed by atoms with E-state index in [0.717, 1.165) is 6.21 Å². The van der Waals surface area contributed by atoms with E-state index in [0.29, 0.717) is 5.56 Å². The number of hydrogen-bond acceptors (Lipinski definition) is 3. The van der Waals surface area contributed by atoms with Crippen LogP contribution >= 0.6 is 0 Å². The number of amides is 1. The molecule has 4 nitrogen and oxygen atoms in total. The van der Waals surface area contributed by atoms with Crippen LogP contribution in [0.4, 0.5) is 0 Å². The van der Waals surface area contributed by atoms with Crippen molar-refractivity contribution in [2.45, 2.75) is 0 Å². The minimum atomic E-state index is -0.840. The molecule has 0 fully saturated rings. The largest absolute Gasteiger partial charge is 0.506 e. The van der Waals surface area contributed by atoms with Gasteiger partial charge in [0.1, 0.15) is 5.76 Å². The van der Waals surface area contributed by atoms with Gasteiger partial charge in [0.05, 0.1) is 5.57 Å². The zero-order valence-electron chi connectivity index (χ0n) is 7.68. The Morgan fingerprint density at radius 2 is 1.80 bits per heavy atom. The van der Waals surface area contributed by atoms with E-state index in [-0.39, 0.29) is 11.3 Å². The molecule has 1 aromatic carbocycles. The SMILES string of the molecule is O=C1N=C/C(=C(/O)c2ccccc2)C1=O. The summed E-state index contributed by atoms with van der Waals surface area (Å²) < 4.78 is 0. The van der Waals surface area contributed by atoms with Crippen molar-refractivity contribution < 1.29 is 14.7 Å². The Hall–Kier alpha value is -2.23. The number of aliphatic imine (C=N–C) groups is 1. The van der Waals surface area contributed by atoms with Crippen LogP contribution in [0.3, 0.4) is 0 Å². The minimum absolute atomic E-state index is 0.0498. The summed E-state index contributed by atoms with van der Waals surface area (Å²) in [6, 6.07) is 8.53. The molecule has 1 aliphatic rings. The lowest BCUT2D eigenvalue weighted by Gasteiger charge is -2.00. The van der Waals surface area contributed by atoms with Gasteiger partial charge < -0.3 is 5.11 Å². The number of ketones is 1. The number of carbonyl (C=O) groups excluding carboxylic acids is 2. The summed E-state index contributed by atoms with van der Waals surface area (Å²) in [6.45, 7) is 0. The fourth-order valence-corrected chi connectivity index (χ4v) is 1.28. The molecule has 1 amide bonds. The number of Topliss-reactive ketones (excluding diaryl/α,β-unsaturated/α-hetero) is 1. The Morgan fingerprint density at radius 1 is 1.13 bits per heavy atom. The molecule has 0 saturated heterocycles. The number of aliphatic hydroxyl groups excluding tert-OH is 1. The molecule has 0 spiro atoms. The van der Waals surface area contributed by atoms with Gasteiger partial charge >= 0.3 is 5.91 Å². The molecule has 2 rings (SSSR count). The van der Waals surface area contributed by atoms with Crippen molar-refractivity contribution in [3.8, 4) is 0 Å². The van der Waals surface area contributed by atoms with Crippen LogP contribution in [0.5, 0.6) is 0 Å². The van der Waals surface area contributed by atoms with Crippen LogP contribution < -0.4 is 0 Å². The van der Waals surface area contributed by atoms with E-state index in [4.69, 9.17) is 0 Å². The van der Waals surface area contributed by atoms with Gasteiger partial charge in [0, 0.05) is 11.8 Å². The minimum Gasteiger partial charge on any atom is -0.506 e. The van der Waals surface area contributed by atoms with Crippen LogP contribution in [0.25, 0.3) is 5.76 Å². The molecule has 0 aliphatic carbocycles. The molecule has 0 radical (unpaired) electrons. The fraction of sp³-hybridized carbons (Fsp3) is 0. The van der Waals surface area contributed by atoms with Crippen molar-refractivity contribution in [1.29, 1.82) is 0 Å². The Morgan fingerprint density at radius 3 is 2.33 bits per heavy atom. The molecule has 1 N–H and O–H groups in total. The molecule has 0 aromatic heterocycles. The van der Waals surface area contributed by atoms with Gasteiger partial charge in [-0.15, -0.1) is 0 Å². The van der Waals surface area contributed by atoms with Gasteiger partial charge in [-0.2, -0.15) is 0 Å². The highest BCUT2D eigenvalue weighted by Crippen LogP contribution is 2.17. The Kier molecular flexibility index (Phi) is 2.17. The lowest BCUT2D eigenvalue weighted by atomic mass is 10.1. The van der Waals surface area contributed by atoms with Gasteiger partial charge in [-0.3, -0.25) is 9.59 Å². The molecule has 0 saturated carbocycles. The highest BCUT2D eigenvalue weighted by atomic mass is 16.3. The smallest absolute Gasteiger partial charge is 0.318 e. The van der Waals surface area contributed by atoms with E-state index >= 15 is 0 Å². The quantitative estimate of drug-likeness (QED) is 0.421. The molecule has 4 heteroatoms. The lowest BCUT2D eigenvalue weighted by molar-refractivity contribution is -0.132. The maximum Gasteiger partial charge on any atom is 0.318 e. The third-order valence-corrected chi connectivity index (χ3v) is 2.05. The van der Waals surface area contributed by atoms with Gasteiger partial charge in [0.25, 0.3) is 5.78 Å². The molecule has 15 heavy (non-hydrogen) atoms. The Balaban J connectivity index is 2.48. The van der Waals surface area contributed by atoms with Crippen molar-refractivity contribution >= 4 is 23.7 Å². The van der Waals surface area contributed by atoms with Crippen LogP contribution in [0.1, 0.15) is 5.56 Å². The summed E-state index contributed by atoms with van der Waals surface area (Å²) >= 11 is 0. The van der Waals surface area contributed by atoms with Crippen molar-refractivity contribution in [1.82, 2.24) is 0 Å². The number of hydrogen-bond donors (Lipinski definition) is 1. The van der Waals surface area contributed by atoms with Crippen molar-refractivity contribution in [2.75, 3.05) is 0 Å². The average Bonchev–Trinajstić information content (AvgIpc) is 2.60. The van der Waals surface area contributed by atoms with Gasteiger partial charge in [-0.25, -0.2) is 4.99 Å². The first-order chi connectivity index (χ1) is 7.20. The maximum atomic E-state index is 11.2. The summed E-state index contributed by atoms with van der Waals surface area (Å²) in [5.74, 6) is -1.82. The van der Waals surface area contributed by atoms with Gasteiger partial charge in [0.15, 0.2) is 0 Å². The predicted octanol–water partition coefficient (Wildman–Crippen LogP) is 1.14. The average molecular weight is 201 g/mol. The molecular formula is C11H7NO3. The number of carbonyl (C=O) groups is 2. The van der Waals surface area contributed by atoms with Crippen molar-refractivity contribution in [2.24, 2.45) is 4.99 Å². The van der Waals surface area contributed by atoms with Crippen LogP contribution in [-0.2, 0) is 9.59 Å². The second-order valence-electron chi connectivity index (χ2n) is 3.02. The molecule has 0 unspecified atom stereocenters. The third-order valence-electron chi connectivity index (χ3n) is 2.05. The second kappa shape index (κ2) is 3.49.